The van der Waals surface area contributed by atoms with Gasteiger partial charge in [-0.05, 0) is 44.3 Å². The third-order valence-electron chi connectivity index (χ3n) is 5.42. The van der Waals surface area contributed by atoms with Gasteiger partial charge in [-0.3, -0.25) is 23.9 Å². The lowest BCUT2D eigenvalue weighted by Crippen LogP contribution is -2.23. The molecule has 32 heavy (non-hydrogen) atoms. The maximum Gasteiger partial charge on any atom is 0.295 e. The van der Waals surface area contributed by atoms with Crippen LogP contribution in [0.3, 0.4) is 0 Å². The van der Waals surface area contributed by atoms with Crippen molar-refractivity contribution in [2.24, 2.45) is 7.05 Å². The van der Waals surface area contributed by atoms with Crippen molar-refractivity contribution in [1.29, 1.82) is 0 Å². The van der Waals surface area contributed by atoms with Crippen molar-refractivity contribution in [3.8, 4) is 17.1 Å². The molecule has 9 heteroatoms. The zero-order valence-corrected chi connectivity index (χ0v) is 18.9. The second-order valence-corrected chi connectivity index (χ2v) is 7.99. The molecule has 0 fully saturated rings. The summed E-state index contributed by atoms with van der Waals surface area (Å²) in [6.45, 7) is 4.15. The molecule has 4 rings (SSSR count). The molecule has 2 aromatic carbocycles. The van der Waals surface area contributed by atoms with Crippen LogP contribution in [-0.4, -0.2) is 30.0 Å². The molecule has 164 valence electrons. The molecule has 0 unspecified atom stereocenters. The number of nitrogens with one attached hydrogen (secondary N) is 2. The molecule has 0 spiro atoms. The maximum absolute atomic E-state index is 13.0. The molecule has 1 amide bonds. The number of H-pyrrole nitrogens is 1. The maximum atomic E-state index is 13.0. The highest BCUT2D eigenvalue weighted by Crippen LogP contribution is 2.19. The Hall–Kier alpha value is -3.72. The summed E-state index contributed by atoms with van der Waals surface area (Å²) in [5.41, 5.74) is 3.43. The number of aromatic amines is 1. The summed E-state index contributed by atoms with van der Waals surface area (Å²) in [5, 5.41) is 9.92. The molecule has 0 radical (unpaired) electrons. The van der Waals surface area contributed by atoms with E-state index in [1.807, 2.05) is 61.5 Å². The zero-order valence-electron chi connectivity index (χ0n) is 18.1. The lowest BCUT2D eigenvalue weighted by molar-refractivity contribution is -0.116. The van der Waals surface area contributed by atoms with Gasteiger partial charge in [0.25, 0.3) is 5.56 Å². The summed E-state index contributed by atoms with van der Waals surface area (Å²) in [6, 6.07) is 17.2. The average molecular weight is 449 g/mol. The number of rotatable bonds is 6. The van der Waals surface area contributed by atoms with Crippen molar-refractivity contribution in [2.45, 2.75) is 26.8 Å². The van der Waals surface area contributed by atoms with Gasteiger partial charge in [-0.15, -0.1) is 0 Å². The van der Waals surface area contributed by atoms with Crippen molar-refractivity contribution in [3.05, 3.63) is 81.0 Å². The molecule has 2 aromatic heterocycles. The standard InChI is InChI=1S/C23H24N6O2S/c1-15-8-7-9-17(14-15)21-25-26-23(32)28(21)13-12-19(30)24-20-16(2)27(3)29(22(20)31)18-10-5-4-6-11-18/h4-11,14H,12-13H2,1-3H3,(H,24,30)(H,26,32). The number of carbonyl (C=O) groups is 1. The molecule has 0 atom stereocenters. The number of carbonyl (C=O) groups excluding carboxylic acids is 1. The smallest absolute Gasteiger partial charge is 0.295 e. The Morgan fingerprint density at radius 1 is 1.12 bits per heavy atom. The first-order chi connectivity index (χ1) is 15.4. The molecule has 0 aliphatic carbocycles. The fourth-order valence-electron chi connectivity index (χ4n) is 3.66. The van der Waals surface area contributed by atoms with Gasteiger partial charge < -0.3 is 5.32 Å². The largest absolute Gasteiger partial charge is 0.320 e. The van der Waals surface area contributed by atoms with Crippen LogP contribution < -0.4 is 10.9 Å². The minimum atomic E-state index is -0.273. The van der Waals surface area contributed by atoms with Gasteiger partial charge in [0.05, 0.1) is 11.4 Å². The van der Waals surface area contributed by atoms with E-state index in [-0.39, 0.29) is 23.6 Å². The first kappa shape index (κ1) is 21.5. The van der Waals surface area contributed by atoms with Crippen LogP contribution in [0.25, 0.3) is 17.1 Å². The zero-order chi connectivity index (χ0) is 22.8. The summed E-state index contributed by atoms with van der Waals surface area (Å²) in [7, 11) is 1.79. The summed E-state index contributed by atoms with van der Waals surface area (Å²) in [5.74, 6) is 0.406. The first-order valence-corrected chi connectivity index (χ1v) is 10.6. The highest BCUT2D eigenvalue weighted by molar-refractivity contribution is 7.71. The van der Waals surface area contributed by atoms with Crippen LogP contribution in [0.15, 0.2) is 59.4 Å². The summed E-state index contributed by atoms with van der Waals surface area (Å²) in [6.07, 6.45) is 0.145. The molecular weight excluding hydrogens is 424 g/mol. The van der Waals surface area contributed by atoms with Crippen molar-refractivity contribution in [3.63, 3.8) is 0 Å². The molecule has 0 saturated heterocycles. The number of hydrogen-bond donors (Lipinski definition) is 2. The molecule has 0 aliphatic heterocycles. The first-order valence-electron chi connectivity index (χ1n) is 10.2. The Morgan fingerprint density at radius 3 is 2.59 bits per heavy atom. The number of benzene rings is 2. The van der Waals surface area contributed by atoms with Crippen LogP contribution in [0, 0.1) is 18.6 Å². The lowest BCUT2D eigenvalue weighted by Gasteiger charge is -2.08. The van der Waals surface area contributed by atoms with Crippen molar-refractivity contribution in [2.75, 3.05) is 5.32 Å². The molecule has 2 heterocycles. The van der Waals surface area contributed by atoms with Gasteiger partial charge in [-0.25, -0.2) is 4.68 Å². The van der Waals surface area contributed by atoms with E-state index >= 15 is 0 Å². The Morgan fingerprint density at radius 2 is 1.88 bits per heavy atom. The second kappa shape index (κ2) is 8.80. The van der Waals surface area contributed by atoms with Gasteiger partial charge in [0.1, 0.15) is 5.69 Å². The van der Waals surface area contributed by atoms with Crippen LogP contribution in [0.4, 0.5) is 5.69 Å². The highest BCUT2D eigenvalue weighted by atomic mass is 32.1. The number of nitrogens with zero attached hydrogens (tertiary/aromatic N) is 4. The third-order valence-corrected chi connectivity index (χ3v) is 5.73. The van der Waals surface area contributed by atoms with Gasteiger partial charge in [-0.2, -0.15) is 5.10 Å². The average Bonchev–Trinajstić information content (AvgIpc) is 3.25. The molecular formula is C23H24N6O2S. The third kappa shape index (κ3) is 4.06. The minimum Gasteiger partial charge on any atom is -0.320 e. The quantitative estimate of drug-likeness (QED) is 0.440. The number of aryl methyl sites for hydroxylation is 1. The molecule has 4 aromatic rings. The highest BCUT2D eigenvalue weighted by Gasteiger charge is 2.18. The van der Waals surface area contributed by atoms with E-state index in [2.05, 4.69) is 15.5 Å². The van der Waals surface area contributed by atoms with E-state index in [1.54, 1.807) is 23.2 Å². The predicted octanol–water partition coefficient (Wildman–Crippen LogP) is 3.74. The van der Waals surface area contributed by atoms with Crippen LogP contribution in [0.5, 0.6) is 0 Å². The van der Waals surface area contributed by atoms with Gasteiger partial charge in [0.2, 0.25) is 5.91 Å². The monoisotopic (exact) mass is 448 g/mol. The van der Waals surface area contributed by atoms with E-state index in [0.29, 0.717) is 22.8 Å². The fourth-order valence-corrected chi connectivity index (χ4v) is 3.88. The van der Waals surface area contributed by atoms with E-state index in [9.17, 15) is 9.59 Å². The van der Waals surface area contributed by atoms with E-state index in [0.717, 1.165) is 16.8 Å². The normalized spacial score (nSPS) is 11.0. The topological polar surface area (TPSA) is 89.6 Å². The van der Waals surface area contributed by atoms with Crippen molar-refractivity contribution < 1.29 is 4.79 Å². The van der Waals surface area contributed by atoms with Gasteiger partial charge >= 0.3 is 0 Å². The molecule has 0 bridgehead atoms. The van der Waals surface area contributed by atoms with E-state index < -0.39 is 0 Å². The van der Waals surface area contributed by atoms with Crippen molar-refractivity contribution >= 4 is 23.8 Å². The number of amides is 1. The molecule has 0 aliphatic rings. The number of anilines is 1. The SMILES string of the molecule is Cc1cccc(-c2n[nH]c(=S)n2CCC(=O)Nc2c(C)n(C)n(-c3ccccc3)c2=O)c1. The van der Waals surface area contributed by atoms with E-state index in [4.69, 9.17) is 12.2 Å². The molecule has 0 saturated carbocycles. The Labute approximate surface area is 190 Å². The number of aromatic nitrogens is 5. The summed E-state index contributed by atoms with van der Waals surface area (Å²) in [4.78, 5) is 25.7. The Balaban J connectivity index is 1.54. The Kier molecular flexibility index (Phi) is 5.91. The predicted molar refractivity (Wildman–Crippen MR) is 127 cm³/mol. The molecule has 2 N–H and O–H groups in total. The van der Waals surface area contributed by atoms with Crippen LogP contribution in [0.2, 0.25) is 0 Å². The fraction of sp³-hybridized carbons (Fsp3) is 0.217. The van der Waals surface area contributed by atoms with Crippen LogP contribution in [-0.2, 0) is 18.4 Å². The lowest BCUT2D eigenvalue weighted by atomic mass is 10.1. The molecule has 8 nitrogen and oxygen atoms in total. The number of para-hydroxylation sites is 1. The second-order valence-electron chi connectivity index (χ2n) is 7.61. The van der Waals surface area contributed by atoms with Gasteiger partial charge in [-0.1, -0.05) is 42.0 Å². The minimum absolute atomic E-state index is 0.145. The Bertz CT molecular complexity index is 1390. The van der Waals surface area contributed by atoms with Gasteiger partial charge in [0.15, 0.2) is 10.6 Å². The van der Waals surface area contributed by atoms with Crippen LogP contribution in [0.1, 0.15) is 17.7 Å². The van der Waals surface area contributed by atoms with Crippen molar-refractivity contribution in [1.82, 2.24) is 24.1 Å². The number of hydrogen-bond acceptors (Lipinski definition) is 4. The summed E-state index contributed by atoms with van der Waals surface area (Å²) >= 11 is 5.36. The summed E-state index contributed by atoms with van der Waals surface area (Å²) < 4.78 is 5.50. The van der Waals surface area contributed by atoms with Gasteiger partial charge in [0, 0.05) is 25.6 Å². The van der Waals surface area contributed by atoms with Crippen LogP contribution >= 0.6 is 12.2 Å². The van der Waals surface area contributed by atoms with E-state index in [1.165, 1.54) is 4.68 Å².